The Morgan fingerprint density at radius 1 is 1.32 bits per heavy atom. The van der Waals surface area contributed by atoms with Crippen molar-refractivity contribution in [1.82, 2.24) is 15.3 Å². The largest absolute Gasteiger partial charge is 0.423 e. The summed E-state index contributed by atoms with van der Waals surface area (Å²) in [6.07, 6.45) is 2.93. The number of piperidine rings is 1. The summed E-state index contributed by atoms with van der Waals surface area (Å²) in [6, 6.07) is 4.97. The molecule has 3 fully saturated rings. The van der Waals surface area contributed by atoms with Crippen molar-refractivity contribution in [2.24, 2.45) is 0 Å². The molecule has 2 unspecified atom stereocenters. The van der Waals surface area contributed by atoms with E-state index in [-0.39, 0.29) is 0 Å². The van der Waals surface area contributed by atoms with Crippen molar-refractivity contribution in [3.8, 4) is 10.6 Å². The summed E-state index contributed by atoms with van der Waals surface area (Å²) in [6.45, 7) is 3.09. The van der Waals surface area contributed by atoms with Gasteiger partial charge < -0.3 is 24.8 Å². The Bertz CT molecular complexity index is 915. The van der Waals surface area contributed by atoms with Crippen LogP contribution in [0.3, 0.4) is 0 Å². The number of hydrogen-bond donors (Lipinski definition) is 3. The summed E-state index contributed by atoms with van der Waals surface area (Å²) < 4.78 is 6.09. The molecule has 2 aromatic heterocycles. The van der Waals surface area contributed by atoms with E-state index in [0.29, 0.717) is 34.8 Å². The lowest BCUT2D eigenvalue weighted by Gasteiger charge is -2.47. The predicted octanol–water partition coefficient (Wildman–Crippen LogP) is 1.66. The van der Waals surface area contributed by atoms with Crippen LogP contribution in [0.15, 0.2) is 28.1 Å². The molecule has 2 bridgehead atoms. The van der Waals surface area contributed by atoms with E-state index in [0.717, 1.165) is 23.7 Å². The first-order valence-electron chi connectivity index (χ1n) is 8.28. The molecule has 0 spiro atoms. The van der Waals surface area contributed by atoms with Gasteiger partial charge in [0.1, 0.15) is 10.5 Å². The number of rotatable bonds is 3. The highest BCUT2D eigenvalue weighted by molar-refractivity contribution is 7.13. The first-order valence-corrected chi connectivity index (χ1v) is 9.16. The molecule has 5 heterocycles. The standard InChI is InChI=1S/C17H18N4O3S/c1-17(22,23)9-4-12(15-18-2-3-25-15)14-13(5-9)20-16(24-14)21-7-10-6-11(8-21)19-10/h2-5,10-11,19,22-23H,6-8H2,1H3. The van der Waals surface area contributed by atoms with E-state index in [4.69, 9.17) is 4.42 Å². The zero-order chi connectivity index (χ0) is 17.2. The van der Waals surface area contributed by atoms with Gasteiger partial charge in [0.15, 0.2) is 11.4 Å². The highest BCUT2D eigenvalue weighted by Gasteiger charge is 2.38. The first-order chi connectivity index (χ1) is 12.0. The van der Waals surface area contributed by atoms with Crippen LogP contribution < -0.4 is 10.2 Å². The van der Waals surface area contributed by atoms with E-state index >= 15 is 0 Å². The number of hydrogen-bond acceptors (Lipinski definition) is 8. The van der Waals surface area contributed by atoms with Gasteiger partial charge in [-0.25, -0.2) is 4.98 Å². The average Bonchev–Trinajstić information content (AvgIpc) is 3.22. The van der Waals surface area contributed by atoms with Crippen molar-refractivity contribution in [2.45, 2.75) is 31.2 Å². The van der Waals surface area contributed by atoms with Crippen molar-refractivity contribution < 1.29 is 14.6 Å². The number of aliphatic hydroxyl groups is 2. The highest BCUT2D eigenvalue weighted by Crippen LogP contribution is 2.37. The zero-order valence-corrected chi connectivity index (χ0v) is 14.5. The Labute approximate surface area is 147 Å². The monoisotopic (exact) mass is 358 g/mol. The van der Waals surface area contributed by atoms with Crippen molar-refractivity contribution in [1.29, 1.82) is 0 Å². The topological polar surface area (TPSA) is 94.7 Å². The summed E-state index contributed by atoms with van der Waals surface area (Å²) >= 11 is 1.48. The van der Waals surface area contributed by atoms with Crippen molar-refractivity contribution in [2.75, 3.05) is 18.0 Å². The molecule has 0 radical (unpaired) electrons. The molecule has 0 amide bonds. The number of oxazole rings is 1. The van der Waals surface area contributed by atoms with Crippen LogP contribution in [0.2, 0.25) is 0 Å². The lowest BCUT2D eigenvalue weighted by atomic mass is 9.92. The summed E-state index contributed by atoms with van der Waals surface area (Å²) in [7, 11) is 0. The Kier molecular flexibility index (Phi) is 3.21. The van der Waals surface area contributed by atoms with Crippen LogP contribution in [-0.2, 0) is 5.79 Å². The first kappa shape index (κ1) is 15.3. The molecule has 1 aromatic carbocycles. The number of thiazole rings is 1. The van der Waals surface area contributed by atoms with Gasteiger partial charge in [0, 0.05) is 42.3 Å². The fraction of sp³-hybridized carbons (Fsp3) is 0.412. The van der Waals surface area contributed by atoms with E-state index < -0.39 is 5.79 Å². The minimum absolute atomic E-state index is 0.369. The molecule has 3 N–H and O–H groups in total. The fourth-order valence-electron chi connectivity index (χ4n) is 3.61. The molecule has 3 aromatic rings. The molecule has 8 heteroatoms. The molecule has 130 valence electrons. The molecule has 25 heavy (non-hydrogen) atoms. The number of benzene rings is 1. The molecule has 7 nitrogen and oxygen atoms in total. The van der Waals surface area contributed by atoms with Crippen LogP contribution in [-0.4, -0.2) is 45.4 Å². The van der Waals surface area contributed by atoms with Crippen molar-refractivity contribution in [3.05, 3.63) is 29.3 Å². The minimum Gasteiger partial charge on any atom is -0.423 e. The maximum Gasteiger partial charge on any atom is 0.298 e. The molecule has 3 saturated heterocycles. The maximum atomic E-state index is 10.0. The smallest absolute Gasteiger partial charge is 0.298 e. The third-order valence-corrected chi connectivity index (χ3v) is 5.69. The Morgan fingerprint density at radius 2 is 2.08 bits per heavy atom. The van der Waals surface area contributed by atoms with E-state index in [1.165, 1.54) is 24.7 Å². The summed E-state index contributed by atoms with van der Waals surface area (Å²) in [5.41, 5.74) is 2.34. The van der Waals surface area contributed by atoms with Gasteiger partial charge in [-0.15, -0.1) is 11.3 Å². The Morgan fingerprint density at radius 3 is 2.72 bits per heavy atom. The lowest BCUT2D eigenvalue weighted by molar-refractivity contribution is -0.152. The van der Waals surface area contributed by atoms with Crippen LogP contribution in [0.25, 0.3) is 21.7 Å². The molecule has 6 rings (SSSR count). The van der Waals surface area contributed by atoms with Gasteiger partial charge >= 0.3 is 0 Å². The van der Waals surface area contributed by atoms with E-state index in [1.54, 1.807) is 18.3 Å². The average molecular weight is 358 g/mol. The molecular formula is C17H18N4O3S. The summed E-state index contributed by atoms with van der Waals surface area (Å²) in [5.74, 6) is -1.95. The van der Waals surface area contributed by atoms with Gasteiger partial charge in [0.05, 0.1) is 5.56 Å². The number of nitrogens with zero attached hydrogens (tertiary/aromatic N) is 3. The SMILES string of the molecule is CC(O)(O)c1cc(-c2nccs2)c2oc(N3CC4CC(C3)N4)nc2c1. The molecule has 3 aliphatic rings. The van der Waals surface area contributed by atoms with E-state index in [1.807, 2.05) is 5.38 Å². The minimum atomic E-state index is -1.95. The maximum absolute atomic E-state index is 10.0. The number of anilines is 1. The third kappa shape index (κ3) is 2.53. The second-order valence-corrected chi connectivity index (χ2v) is 7.82. The van der Waals surface area contributed by atoms with Crippen molar-refractivity contribution in [3.63, 3.8) is 0 Å². The van der Waals surface area contributed by atoms with E-state index in [2.05, 4.69) is 20.2 Å². The summed E-state index contributed by atoms with van der Waals surface area (Å²) in [5, 5.41) is 26.2. The number of fused-ring (bicyclic) bond motifs is 3. The zero-order valence-electron chi connectivity index (χ0n) is 13.6. The van der Waals surface area contributed by atoms with Gasteiger partial charge in [0.2, 0.25) is 0 Å². The second-order valence-electron chi connectivity index (χ2n) is 6.93. The van der Waals surface area contributed by atoms with Crippen LogP contribution in [0.5, 0.6) is 0 Å². The third-order valence-electron chi connectivity index (χ3n) is 4.88. The van der Waals surface area contributed by atoms with Gasteiger partial charge in [-0.1, -0.05) is 0 Å². The van der Waals surface area contributed by atoms with Gasteiger partial charge in [0.25, 0.3) is 6.01 Å². The van der Waals surface area contributed by atoms with E-state index in [9.17, 15) is 10.2 Å². The fourth-order valence-corrected chi connectivity index (χ4v) is 4.27. The molecular weight excluding hydrogens is 340 g/mol. The Balaban J connectivity index is 1.65. The van der Waals surface area contributed by atoms with Gasteiger partial charge in [-0.3, -0.25) is 0 Å². The molecule has 0 saturated carbocycles. The number of aromatic nitrogens is 2. The molecule has 0 aliphatic carbocycles. The lowest BCUT2D eigenvalue weighted by Crippen LogP contribution is -2.67. The van der Waals surface area contributed by atoms with Crippen LogP contribution >= 0.6 is 11.3 Å². The predicted molar refractivity (Wildman–Crippen MR) is 94.4 cm³/mol. The van der Waals surface area contributed by atoms with Gasteiger partial charge in [-0.2, -0.15) is 4.98 Å². The van der Waals surface area contributed by atoms with Crippen LogP contribution in [0.4, 0.5) is 6.01 Å². The van der Waals surface area contributed by atoms with Gasteiger partial charge in [-0.05, 0) is 25.5 Å². The second kappa shape index (κ2) is 5.25. The number of piperazine rings is 1. The Hall–Kier alpha value is -2.00. The van der Waals surface area contributed by atoms with Crippen LogP contribution in [0, 0.1) is 0 Å². The molecule has 2 atom stereocenters. The quantitative estimate of drug-likeness (QED) is 0.613. The van der Waals surface area contributed by atoms with Crippen molar-refractivity contribution >= 4 is 28.5 Å². The van der Waals surface area contributed by atoms with Crippen LogP contribution in [0.1, 0.15) is 18.9 Å². The molecule has 3 aliphatic heterocycles. The number of nitrogens with one attached hydrogen (secondary N) is 1. The summed E-state index contributed by atoms with van der Waals surface area (Å²) in [4.78, 5) is 11.1. The highest BCUT2D eigenvalue weighted by atomic mass is 32.1. The normalized spacial score (nSPS) is 23.1.